The predicted octanol–water partition coefficient (Wildman–Crippen LogP) is 4.81. The Hall–Kier alpha value is -2.39. The van der Waals surface area contributed by atoms with E-state index in [0.29, 0.717) is 13.1 Å². The monoisotopic (exact) mass is 568 g/mol. The van der Waals surface area contributed by atoms with Crippen LogP contribution in [0.15, 0.2) is 35.3 Å². The van der Waals surface area contributed by atoms with Gasteiger partial charge in [-0.1, -0.05) is 47.6 Å². The van der Waals surface area contributed by atoms with Crippen molar-refractivity contribution in [3.05, 3.63) is 47.0 Å². The summed E-state index contributed by atoms with van der Waals surface area (Å²) >= 11 is 1.06. The van der Waals surface area contributed by atoms with Crippen LogP contribution in [0.3, 0.4) is 0 Å². The average Bonchev–Trinajstić information content (AvgIpc) is 2.85. The van der Waals surface area contributed by atoms with Crippen molar-refractivity contribution in [1.82, 2.24) is 5.32 Å². The molecule has 2 rings (SSSR count). The fourth-order valence-electron chi connectivity index (χ4n) is 3.56. The molecule has 2 aromatic carbocycles. The molecule has 0 heterocycles. The third-order valence-corrected chi connectivity index (χ3v) is 5.84. The molecule has 213 valence electrons. The van der Waals surface area contributed by atoms with Crippen LogP contribution in [0.25, 0.3) is 0 Å². The summed E-state index contributed by atoms with van der Waals surface area (Å²) < 4.78 is 8.19. The normalized spacial score (nSPS) is 11.4. The van der Waals surface area contributed by atoms with E-state index in [4.69, 9.17) is 8.78 Å². The summed E-state index contributed by atoms with van der Waals surface area (Å²) in [6.07, 6.45) is 1.68. The zero-order valence-corrected chi connectivity index (χ0v) is 25.6. The van der Waals surface area contributed by atoms with E-state index in [0.717, 1.165) is 59.4 Å². The van der Waals surface area contributed by atoms with Crippen molar-refractivity contribution in [1.29, 1.82) is 0 Å². The van der Waals surface area contributed by atoms with Crippen LogP contribution in [-0.4, -0.2) is 66.0 Å². The third kappa shape index (κ3) is 12.0. The van der Waals surface area contributed by atoms with Crippen molar-refractivity contribution >= 4 is 11.9 Å². The van der Waals surface area contributed by atoms with Gasteiger partial charge in [-0.3, -0.25) is 4.99 Å². The summed E-state index contributed by atoms with van der Waals surface area (Å²) in [4.78, 5) is 6.43. The minimum absolute atomic E-state index is 0.000463. The zero-order valence-electron chi connectivity index (χ0n) is 24.2. The Balaban J connectivity index is 0.000000690. The number of hydrogen-bond acceptors (Lipinski definition) is 8. The van der Waals surface area contributed by atoms with Crippen molar-refractivity contribution < 1.29 is 41.5 Å². The van der Waals surface area contributed by atoms with Crippen LogP contribution in [0, 0.1) is 0 Å². The third-order valence-electron chi connectivity index (χ3n) is 5.84. The minimum atomic E-state index is -0.178. The zero-order chi connectivity index (χ0) is 29.5. The Morgan fingerprint density at radius 2 is 1.50 bits per heavy atom. The molecule has 8 nitrogen and oxygen atoms in total. The number of phenolic OH excluding ortho intramolecular Hbond substituents is 3. The molecule has 0 saturated carbocycles. The first kappa shape index (κ1) is 35.6. The van der Waals surface area contributed by atoms with Crippen LogP contribution in [0.4, 0.5) is 5.69 Å². The number of aromatic hydroxyl groups is 3. The fraction of sp³-hybridized carbons (Fsp3) is 0.552. The molecular formula is C29H47N3O5V. The van der Waals surface area contributed by atoms with E-state index < -0.39 is 0 Å². The molecule has 0 radical (unpaired) electrons. The van der Waals surface area contributed by atoms with E-state index in [-0.39, 0.29) is 34.7 Å². The molecule has 9 heteroatoms. The van der Waals surface area contributed by atoms with Crippen molar-refractivity contribution in [2.75, 3.05) is 44.2 Å². The number of nitrogens with one attached hydrogen (secondary N) is 1. The molecule has 0 atom stereocenters. The summed E-state index contributed by atoms with van der Waals surface area (Å²) in [5.41, 5.74) is 3.36. The van der Waals surface area contributed by atoms with Gasteiger partial charge in [0.05, 0.1) is 13.2 Å². The number of aliphatic hydroxyl groups is 1. The van der Waals surface area contributed by atoms with Gasteiger partial charge in [-0.15, -0.1) is 0 Å². The first-order valence-electron chi connectivity index (χ1n) is 12.9. The predicted molar refractivity (Wildman–Crippen MR) is 152 cm³/mol. The molecular weight excluding hydrogens is 521 g/mol. The number of aliphatic imine (C=N–C) groups is 1. The van der Waals surface area contributed by atoms with E-state index >= 15 is 0 Å². The van der Waals surface area contributed by atoms with Crippen LogP contribution < -0.4 is 10.2 Å². The van der Waals surface area contributed by atoms with Gasteiger partial charge in [0.25, 0.3) is 0 Å². The Morgan fingerprint density at radius 3 is 1.97 bits per heavy atom. The molecule has 38 heavy (non-hydrogen) atoms. The van der Waals surface area contributed by atoms with Crippen LogP contribution in [0.1, 0.15) is 72.1 Å². The average molecular weight is 569 g/mol. The number of hydrogen-bond donors (Lipinski definition) is 5. The van der Waals surface area contributed by atoms with Gasteiger partial charge in [-0.05, 0) is 48.4 Å². The van der Waals surface area contributed by atoms with E-state index in [1.165, 1.54) is 0 Å². The molecule has 0 aliphatic heterocycles. The molecule has 0 amide bonds. The Bertz CT molecular complexity index is 997. The standard InChI is InChI=1S/C15H25N3O2.C14H22O2.O.V/c1-3-18(4-2)14-6-5-13(15(20)11-14)12-17-8-7-16-9-10-19;1-13(2,3)9-7-10(14(4,5)6)12(16)11(15)8-9;;/h5-6,11-12,16,19-20H,3-4,7-10H2,1-2H3;7-8,15-16H,1-6H3;;. The summed E-state index contributed by atoms with van der Waals surface area (Å²) in [5, 5.41) is 41.3. The molecule has 0 spiro atoms. The van der Waals surface area contributed by atoms with Gasteiger partial charge in [0.15, 0.2) is 11.5 Å². The maximum absolute atomic E-state index is 10.0. The Labute approximate surface area is 238 Å². The van der Waals surface area contributed by atoms with E-state index in [9.17, 15) is 15.3 Å². The molecule has 0 unspecified atom stereocenters. The van der Waals surface area contributed by atoms with Crippen LogP contribution in [0.5, 0.6) is 17.2 Å². The number of nitrogens with zero attached hydrogens (tertiary/aromatic N) is 2. The first-order valence-corrected chi connectivity index (χ1v) is 13.5. The first-order chi connectivity index (χ1) is 17.8. The van der Waals surface area contributed by atoms with Gasteiger partial charge in [-0.2, -0.15) is 0 Å². The van der Waals surface area contributed by atoms with Gasteiger partial charge in [0.2, 0.25) is 0 Å². The van der Waals surface area contributed by atoms with E-state index in [1.807, 2.05) is 39.0 Å². The molecule has 2 aromatic rings. The number of phenols is 3. The molecule has 0 aromatic heterocycles. The van der Waals surface area contributed by atoms with Crippen molar-refractivity contribution in [3.63, 3.8) is 0 Å². The molecule has 0 aliphatic rings. The Morgan fingerprint density at radius 1 is 0.895 bits per heavy atom. The van der Waals surface area contributed by atoms with Gasteiger partial charge in [0, 0.05) is 55.3 Å². The Kier molecular flexibility index (Phi) is 16.2. The van der Waals surface area contributed by atoms with Gasteiger partial charge in [-0.25, -0.2) is 0 Å². The SMILES string of the molecule is CC(C)(C)c1cc(O)c(O)c(C(C)(C)C)c1.CCN(CC)c1ccc(C=NCCNCCO)c(O)c1.[O]=[V]. The van der Waals surface area contributed by atoms with Crippen LogP contribution in [0.2, 0.25) is 0 Å². The molecule has 0 fully saturated rings. The van der Waals surface area contributed by atoms with Gasteiger partial charge >= 0.3 is 21.0 Å². The summed E-state index contributed by atoms with van der Waals surface area (Å²) in [6.45, 7) is 20.4. The number of anilines is 1. The van der Waals surface area contributed by atoms with Crippen molar-refractivity contribution in [2.24, 2.45) is 4.99 Å². The molecule has 5 N–H and O–H groups in total. The maximum atomic E-state index is 10.0. The second-order valence-corrected chi connectivity index (χ2v) is 10.8. The number of rotatable bonds is 9. The van der Waals surface area contributed by atoms with Crippen LogP contribution >= 0.6 is 0 Å². The molecule has 0 aliphatic carbocycles. The van der Waals surface area contributed by atoms with Gasteiger partial charge in [0.1, 0.15) is 5.75 Å². The summed E-state index contributed by atoms with van der Waals surface area (Å²) in [5.74, 6) is 0.222. The van der Waals surface area contributed by atoms with E-state index in [2.05, 4.69) is 49.8 Å². The van der Waals surface area contributed by atoms with Crippen molar-refractivity contribution in [2.45, 2.75) is 66.2 Å². The topological polar surface area (TPSA) is 126 Å². The molecule has 0 saturated heterocycles. The number of aliphatic hydroxyl groups excluding tert-OH is 1. The van der Waals surface area contributed by atoms with Crippen molar-refractivity contribution in [3.8, 4) is 17.2 Å². The van der Waals surface area contributed by atoms with Crippen LogP contribution in [-0.2, 0) is 31.9 Å². The second kappa shape index (κ2) is 17.3. The van der Waals surface area contributed by atoms with Gasteiger partial charge < -0.3 is 30.6 Å². The fourth-order valence-corrected chi connectivity index (χ4v) is 3.56. The quantitative estimate of drug-likeness (QED) is 0.167. The van der Waals surface area contributed by atoms with E-state index in [1.54, 1.807) is 18.3 Å². The second-order valence-electron chi connectivity index (χ2n) is 10.8. The summed E-state index contributed by atoms with van der Waals surface area (Å²) in [7, 11) is 0. The molecule has 0 bridgehead atoms. The summed E-state index contributed by atoms with van der Waals surface area (Å²) in [6, 6.07) is 9.28. The number of benzene rings is 2.